The summed E-state index contributed by atoms with van der Waals surface area (Å²) in [5.74, 6) is 0.673. The van der Waals surface area contributed by atoms with Crippen LogP contribution < -0.4 is 0 Å². The van der Waals surface area contributed by atoms with Crippen molar-refractivity contribution in [2.24, 2.45) is 0 Å². The molecule has 0 spiro atoms. The summed E-state index contributed by atoms with van der Waals surface area (Å²) in [5.41, 5.74) is 1.22. The Kier molecular flexibility index (Phi) is 13.3. The molecule has 3 atom stereocenters. The van der Waals surface area contributed by atoms with Gasteiger partial charge in [0.05, 0.1) is 28.1 Å². The average Bonchev–Trinajstić information content (AvgIpc) is 3.49. The minimum atomic E-state index is -2.15. The molecule has 0 aliphatic carbocycles. The number of carbonyl (C=O) groups is 2. The van der Waals surface area contributed by atoms with Crippen LogP contribution in [0.5, 0.6) is 0 Å². The van der Waals surface area contributed by atoms with Crippen LogP contribution in [0.2, 0.25) is 18.1 Å². The fourth-order valence-corrected chi connectivity index (χ4v) is 8.34. The van der Waals surface area contributed by atoms with Crippen molar-refractivity contribution in [1.29, 1.82) is 0 Å². The van der Waals surface area contributed by atoms with E-state index in [4.69, 9.17) is 13.9 Å². The van der Waals surface area contributed by atoms with Crippen molar-refractivity contribution in [3.05, 3.63) is 79.9 Å². The fraction of sp³-hybridized carbons (Fsp3) is 0.588. The SMILES string of the molecule is CC(C)(C)[Si](C)(C)O[C@@H]1C[C@@H]([C@H](O)CCSC2CCN(C(=O)OCc3ccc([N+](=O)[O-])cc3)CC2)N(C(=O)OCc2ccc([N+](=O)[O-])cc2)C1. The van der Waals surface area contributed by atoms with Gasteiger partial charge in [0.25, 0.3) is 11.4 Å². The average molecular weight is 733 g/mol. The largest absolute Gasteiger partial charge is 0.445 e. The van der Waals surface area contributed by atoms with Crippen LogP contribution in [0.3, 0.4) is 0 Å². The van der Waals surface area contributed by atoms with E-state index < -0.39 is 42.5 Å². The molecule has 2 aromatic carbocycles. The molecule has 2 fully saturated rings. The lowest BCUT2D eigenvalue weighted by Crippen LogP contribution is -2.45. The number of aliphatic hydroxyl groups is 1. The maximum atomic E-state index is 13.4. The topological polar surface area (TPSA) is 175 Å². The van der Waals surface area contributed by atoms with Crippen LogP contribution in [-0.4, -0.2) is 94.1 Å². The number of hydrogen-bond acceptors (Lipinski definition) is 11. The molecule has 16 heteroatoms. The summed E-state index contributed by atoms with van der Waals surface area (Å²) in [6.45, 7) is 12.2. The molecule has 0 bridgehead atoms. The summed E-state index contributed by atoms with van der Waals surface area (Å²) in [6, 6.07) is 11.3. The number of nitro groups is 2. The van der Waals surface area contributed by atoms with E-state index in [1.54, 1.807) is 45.8 Å². The molecule has 2 saturated heterocycles. The number of ether oxygens (including phenoxy) is 2. The van der Waals surface area contributed by atoms with Crippen LogP contribution >= 0.6 is 11.8 Å². The number of piperidine rings is 1. The molecule has 2 aliphatic rings. The van der Waals surface area contributed by atoms with Gasteiger partial charge in [0.2, 0.25) is 0 Å². The number of benzene rings is 2. The molecular weight excluding hydrogens is 685 g/mol. The number of nitrogens with zero attached hydrogens (tertiary/aromatic N) is 4. The van der Waals surface area contributed by atoms with Crippen molar-refractivity contribution in [2.45, 2.75) is 101 Å². The minimum Gasteiger partial charge on any atom is -0.445 e. The van der Waals surface area contributed by atoms with Gasteiger partial charge in [-0.15, -0.1) is 0 Å². The molecule has 50 heavy (non-hydrogen) atoms. The number of aliphatic hydroxyl groups excluding tert-OH is 1. The monoisotopic (exact) mass is 732 g/mol. The van der Waals surface area contributed by atoms with Gasteiger partial charge in [-0.25, -0.2) is 9.59 Å². The number of amides is 2. The van der Waals surface area contributed by atoms with Crippen molar-refractivity contribution >= 4 is 43.6 Å². The number of hydrogen-bond donors (Lipinski definition) is 1. The van der Waals surface area contributed by atoms with Crippen LogP contribution in [-0.2, 0) is 27.1 Å². The second-order valence-electron chi connectivity index (χ2n) is 14.3. The molecule has 0 radical (unpaired) electrons. The van der Waals surface area contributed by atoms with Gasteiger partial charge in [-0.2, -0.15) is 11.8 Å². The fourth-order valence-electron chi connectivity index (χ4n) is 5.72. The van der Waals surface area contributed by atoms with Crippen LogP contribution in [0.25, 0.3) is 0 Å². The summed E-state index contributed by atoms with van der Waals surface area (Å²) in [6.07, 6.45) is 0.502. The van der Waals surface area contributed by atoms with Crippen molar-refractivity contribution in [2.75, 3.05) is 25.4 Å². The Labute approximate surface area is 297 Å². The predicted molar refractivity (Wildman–Crippen MR) is 191 cm³/mol. The molecular formula is C34H48N4O10SSi. The Morgan fingerprint density at radius 3 is 1.90 bits per heavy atom. The van der Waals surface area contributed by atoms with Crippen molar-refractivity contribution < 1.29 is 38.4 Å². The van der Waals surface area contributed by atoms with Gasteiger partial charge in [-0.05, 0) is 85.0 Å². The Balaban J connectivity index is 1.26. The zero-order valence-electron chi connectivity index (χ0n) is 29.3. The van der Waals surface area contributed by atoms with Crippen molar-refractivity contribution in [3.8, 4) is 0 Å². The van der Waals surface area contributed by atoms with Crippen molar-refractivity contribution in [1.82, 2.24) is 9.80 Å². The first-order valence-electron chi connectivity index (χ1n) is 16.8. The van der Waals surface area contributed by atoms with E-state index in [9.17, 15) is 34.9 Å². The summed E-state index contributed by atoms with van der Waals surface area (Å²) >= 11 is 1.75. The summed E-state index contributed by atoms with van der Waals surface area (Å²) < 4.78 is 17.7. The van der Waals surface area contributed by atoms with Gasteiger partial charge in [0.1, 0.15) is 13.2 Å². The number of nitro benzene ring substituents is 2. The van der Waals surface area contributed by atoms with Crippen LogP contribution in [0.1, 0.15) is 57.6 Å². The van der Waals surface area contributed by atoms with E-state index in [0.717, 1.165) is 12.8 Å². The van der Waals surface area contributed by atoms with Gasteiger partial charge in [-0.3, -0.25) is 25.1 Å². The molecule has 0 unspecified atom stereocenters. The lowest BCUT2D eigenvalue weighted by Gasteiger charge is -2.38. The summed E-state index contributed by atoms with van der Waals surface area (Å²) in [4.78, 5) is 50.0. The molecule has 4 rings (SSSR count). The normalized spacial score (nSPS) is 19.2. The molecule has 2 aliphatic heterocycles. The smallest absolute Gasteiger partial charge is 0.410 e. The Morgan fingerprint density at radius 2 is 1.42 bits per heavy atom. The van der Waals surface area contributed by atoms with Crippen LogP contribution in [0.4, 0.5) is 21.0 Å². The molecule has 274 valence electrons. The number of carbonyl (C=O) groups excluding carboxylic acids is 2. The number of non-ortho nitro benzene ring substituents is 2. The molecule has 2 aromatic rings. The molecule has 0 aromatic heterocycles. The maximum Gasteiger partial charge on any atom is 0.410 e. The van der Waals surface area contributed by atoms with E-state index in [1.807, 2.05) is 0 Å². The highest BCUT2D eigenvalue weighted by Crippen LogP contribution is 2.39. The molecule has 1 N–H and O–H groups in total. The Hall–Kier alpha value is -3.73. The van der Waals surface area contributed by atoms with Gasteiger partial charge in [0.15, 0.2) is 8.32 Å². The zero-order chi connectivity index (χ0) is 36.6. The Bertz CT molecular complexity index is 1480. The lowest BCUT2D eigenvalue weighted by molar-refractivity contribution is -0.385. The molecule has 14 nitrogen and oxygen atoms in total. The highest BCUT2D eigenvalue weighted by Gasteiger charge is 2.45. The third-order valence-corrected chi connectivity index (χ3v) is 15.7. The van der Waals surface area contributed by atoms with E-state index in [-0.39, 0.29) is 35.7 Å². The van der Waals surface area contributed by atoms with E-state index in [2.05, 4.69) is 33.9 Å². The minimum absolute atomic E-state index is 0.0214. The van der Waals surface area contributed by atoms with Gasteiger partial charge in [-0.1, -0.05) is 20.8 Å². The van der Waals surface area contributed by atoms with E-state index in [0.29, 0.717) is 54.6 Å². The van der Waals surface area contributed by atoms with E-state index in [1.165, 1.54) is 24.3 Å². The lowest BCUT2D eigenvalue weighted by atomic mass is 10.1. The summed E-state index contributed by atoms with van der Waals surface area (Å²) in [7, 11) is -2.15. The van der Waals surface area contributed by atoms with E-state index >= 15 is 0 Å². The third kappa shape index (κ3) is 10.6. The van der Waals surface area contributed by atoms with Crippen LogP contribution in [0.15, 0.2) is 48.5 Å². The second-order valence-corrected chi connectivity index (χ2v) is 20.5. The number of rotatable bonds is 13. The molecule has 0 saturated carbocycles. The Morgan fingerprint density at radius 1 is 0.920 bits per heavy atom. The highest BCUT2D eigenvalue weighted by atomic mass is 32.2. The standard InChI is InChI=1S/C34H48N4O10SSi/c1-34(2,3)50(4,5)48-28-20-30(36(21-28)33(41)47-23-25-8-12-27(13-9-25)38(44)45)31(39)16-19-49-29-14-17-35(18-15-29)32(40)46-22-24-6-10-26(11-7-24)37(42)43/h6-13,28-31,39H,14-23H2,1-5H3/t28-,30+,31-/m1/s1. The first-order chi connectivity index (χ1) is 23.5. The predicted octanol–water partition coefficient (Wildman–Crippen LogP) is 6.89. The first kappa shape index (κ1) is 39.1. The quantitative estimate of drug-likeness (QED) is 0.129. The van der Waals surface area contributed by atoms with Crippen LogP contribution in [0, 0.1) is 20.2 Å². The van der Waals surface area contributed by atoms with Gasteiger partial charge >= 0.3 is 12.2 Å². The van der Waals surface area contributed by atoms with Crippen molar-refractivity contribution in [3.63, 3.8) is 0 Å². The molecule has 2 amide bonds. The maximum absolute atomic E-state index is 13.4. The summed E-state index contributed by atoms with van der Waals surface area (Å²) in [5, 5.41) is 33.5. The first-order valence-corrected chi connectivity index (χ1v) is 20.8. The van der Waals surface area contributed by atoms with Gasteiger partial charge in [0, 0.05) is 49.1 Å². The zero-order valence-corrected chi connectivity index (χ0v) is 31.1. The third-order valence-electron chi connectivity index (χ3n) is 9.74. The number of likely N-dealkylation sites (tertiary alicyclic amines) is 2. The molecule has 2 heterocycles. The highest BCUT2D eigenvalue weighted by molar-refractivity contribution is 7.99. The number of thioether (sulfide) groups is 1. The second kappa shape index (κ2) is 17.0. The van der Waals surface area contributed by atoms with Gasteiger partial charge < -0.3 is 23.9 Å².